The second-order valence-corrected chi connectivity index (χ2v) is 6.77. The molecule has 0 aliphatic heterocycles. The monoisotopic (exact) mass is 331 g/mol. The molecule has 2 atom stereocenters. The number of aliphatic hydroxyl groups excluding tert-OH is 1. The summed E-state index contributed by atoms with van der Waals surface area (Å²) in [4.78, 5) is 1.25. The Morgan fingerprint density at radius 3 is 2.67 bits per heavy atom. The largest absolute Gasteiger partial charge is 0.396 e. The van der Waals surface area contributed by atoms with Gasteiger partial charge < -0.3 is 10.4 Å². The highest BCUT2D eigenvalue weighted by Gasteiger charge is 2.10. The predicted molar refractivity (Wildman–Crippen MR) is 83.3 cm³/mol. The highest BCUT2D eigenvalue weighted by Crippen LogP contribution is 2.31. The van der Waals surface area contributed by atoms with Crippen molar-refractivity contribution >= 4 is 27.7 Å². The van der Waals surface area contributed by atoms with Crippen LogP contribution < -0.4 is 5.32 Å². The lowest BCUT2D eigenvalue weighted by Gasteiger charge is -2.16. The second-order valence-electron chi connectivity index (χ2n) is 4.40. The van der Waals surface area contributed by atoms with Gasteiger partial charge in [0.15, 0.2) is 0 Å². The molecular formula is C14H22BrNOS. The molecule has 18 heavy (non-hydrogen) atoms. The number of thioether (sulfide) groups is 1. The lowest BCUT2D eigenvalue weighted by Crippen LogP contribution is -2.18. The molecule has 0 heterocycles. The Hall–Kier alpha value is -0.0300. The third kappa shape index (κ3) is 4.92. The van der Waals surface area contributed by atoms with E-state index in [-0.39, 0.29) is 6.61 Å². The van der Waals surface area contributed by atoms with Crippen LogP contribution in [0.3, 0.4) is 0 Å². The summed E-state index contributed by atoms with van der Waals surface area (Å²) in [6.45, 7) is 7.66. The zero-order valence-corrected chi connectivity index (χ0v) is 13.6. The quantitative estimate of drug-likeness (QED) is 0.741. The molecule has 0 fully saturated rings. The molecule has 2 nitrogen and oxygen atoms in total. The van der Waals surface area contributed by atoms with E-state index in [0.717, 1.165) is 17.4 Å². The van der Waals surface area contributed by atoms with Gasteiger partial charge in [0.25, 0.3) is 0 Å². The molecule has 2 N–H and O–H groups in total. The van der Waals surface area contributed by atoms with Crippen LogP contribution in [0, 0.1) is 0 Å². The Balaban J connectivity index is 2.72. The minimum absolute atomic E-state index is 0.255. The van der Waals surface area contributed by atoms with E-state index in [1.165, 1.54) is 10.5 Å². The summed E-state index contributed by atoms with van der Waals surface area (Å²) in [7, 11) is 0. The second kappa shape index (κ2) is 8.20. The van der Waals surface area contributed by atoms with Crippen molar-refractivity contribution in [3.63, 3.8) is 0 Å². The minimum Gasteiger partial charge on any atom is -0.396 e. The molecular weight excluding hydrogens is 310 g/mol. The van der Waals surface area contributed by atoms with Gasteiger partial charge in [-0.25, -0.2) is 0 Å². The average Bonchev–Trinajstić information content (AvgIpc) is 2.29. The van der Waals surface area contributed by atoms with Crippen molar-refractivity contribution < 1.29 is 5.11 Å². The molecule has 0 amide bonds. The third-order valence-electron chi connectivity index (χ3n) is 2.82. The van der Waals surface area contributed by atoms with Gasteiger partial charge in [-0.2, -0.15) is 0 Å². The first kappa shape index (κ1) is 16.0. The number of nitrogens with one attached hydrogen (secondary N) is 1. The van der Waals surface area contributed by atoms with E-state index in [9.17, 15) is 0 Å². The first-order valence-electron chi connectivity index (χ1n) is 6.38. The number of rotatable bonds is 7. The lowest BCUT2D eigenvalue weighted by molar-refractivity contribution is 0.289. The zero-order valence-electron chi connectivity index (χ0n) is 11.2. The van der Waals surface area contributed by atoms with Crippen molar-refractivity contribution in [1.29, 1.82) is 0 Å². The van der Waals surface area contributed by atoms with Gasteiger partial charge in [-0.3, -0.25) is 0 Å². The van der Waals surface area contributed by atoms with E-state index in [1.54, 1.807) is 11.8 Å². The lowest BCUT2D eigenvalue weighted by atomic mass is 10.1. The van der Waals surface area contributed by atoms with Gasteiger partial charge in [-0.1, -0.05) is 35.8 Å². The van der Waals surface area contributed by atoms with Crippen LogP contribution in [-0.2, 0) is 0 Å². The van der Waals surface area contributed by atoms with Crippen molar-refractivity contribution in [2.75, 3.05) is 13.2 Å². The first-order chi connectivity index (χ1) is 8.58. The maximum Gasteiger partial charge on any atom is 0.0441 e. The highest BCUT2D eigenvalue weighted by atomic mass is 79.9. The smallest absolute Gasteiger partial charge is 0.0441 e. The summed E-state index contributed by atoms with van der Waals surface area (Å²) in [6.07, 6.45) is 0.831. The Labute approximate surface area is 123 Å². The number of halogens is 1. The number of benzene rings is 1. The fourth-order valence-corrected chi connectivity index (χ4v) is 3.72. The van der Waals surface area contributed by atoms with Gasteiger partial charge in [0.05, 0.1) is 0 Å². The Bertz CT molecular complexity index is 373. The van der Waals surface area contributed by atoms with E-state index in [4.69, 9.17) is 5.11 Å². The van der Waals surface area contributed by atoms with Crippen LogP contribution in [0.1, 0.15) is 38.8 Å². The maximum atomic E-state index is 8.91. The van der Waals surface area contributed by atoms with Gasteiger partial charge >= 0.3 is 0 Å². The van der Waals surface area contributed by atoms with Crippen LogP contribution in [-0.4, -0.2) is 23.5 Å². The molecule has 0 saturated heterocycles. The molecule has 4 heteroatoms. The van der Waals surface area contributed by atoms with Crippen molar-refractivity contribution in [2.24, 2.45) is 0 Å². The van der Waals surface area contributed by atoms with Crippen molar-refractivity contribution in [2.45, 2.75) is 43.4 Å². The van der Waals surface area contributed by atoms with Crippen molar-refractivity contribution in [3.05, 3.63) is 28.2 Å². The van der Waals surface area contributed by atoms with Crippen LogP contribution in [0.5, 0.6) is 0 Å². The van der Waals surface area contributed by atoms with Crippen LogP contribution in [0.25, 0.3) is 0 Å². The molecule has 1 aromatic rings. The van der Waals surface area contributed by atoms with Gasteiger partial charge in [-0.15, -0.1) is 11.8 Å². The van der Waals surface area contributed by atoms with Crippen LogP contribution in [0.2, 0.25) is 0 Å². The topological polar surface area (TPSA) is 32.3 Å². The first-order valence-corrected chi connectivity index (χ1v) is 8.06. The molecule has 0 spiro atoms. The van der Waals surface area contributed by atoms with E-state index in [2.05, 4.69) is 60.2 Å². The van der Waals surface area contributed by atoms with Crippen molar-refractivity contribution in [3.8, 4) is 0 Å². The molecule has 0 saturated carbocycles. The molecule has 0 aliphatic rings. The molecule has 0 aliphatic carbocycles. The molecule has 0 radical (unpaired) electrons. The Morgan fingerprint density at radius 1 is 1.39 bits per heavy atom. The molecule has 0 aromatic heterocycles. The summed E-state index contributed by atoms with van der Waals surface area (Å²) in [5.74, 6) is 0. The molecule has 102 valence electrons. The van der Waals surface area contributed by atoms with Crippen molar-refractivity contribution in [1.82, 2.24) is 5.32 Å². The summed E-state index contributed by atoms with van der Waals surface area (Å²) in [6, 6.07) is 6.86. The summed E-state index contributed by atoms with van der Waals surface area (Å²) in [5.41, 5.74) is 1.29. The Kier molecular flexibility index (Phi) is 7.30. The third-order valence-corrected chi connectivity index (χ3v) is 4.67. The summed E-state index contributed by atoms with van der Waals surface area (Å²) in [5, 5.41) is 12.8. The normalized spacial score (nSPS) is 14.5. The zero-order chi connectivity index (χ0) is 13.5. The van der Waals surface area contributed by atoms with Crippen LogP contribution >= 0.6 is 27.7 Å². The SMILES string of the molecule is CCNC(C)c1ccc(SC(C)CCO)cc1Br. The van der Waals surface area contributed by atoms with E-state index >= 15 is 0 Å². The van der Waals surface area contributed by atoms with E-state index < -0.39 is 0 Å². The fourth-order valence-electron chi connectivity index (χ4n) is 1.82. The van der Waals surface area contributed by atoms with E-state index in [1.807, 2.05) is 0 Å². The Morgan fingerprint density at radius 2 is 2.11 bits per heavy atom. The van der Waals surface area contributed by atoms with Gasteiger partial charge in [0, 0.05) is 27.3 Å². The average molecular weight is 332 g/mol. The number of hydrogen-bond donors (Lipinski definition) is 2. The fraction of sp³-hybridized carbons (Fsp3) is 0.571. The summed E-state index contributed by atoms with van der Waals surface area (Å²) < 4.78 is 1.15. The van der Waals surface area contributed by atoms with E-state index in [0.29, 0.717) is 11.3 Å². The van der Waals surface area contributed by atoms with Gasteiger partial charge in [-0.05, 0) is 37.6 Å². The number of hydrogen-bond acceptors (Lipinski definition) is 3. The highest BCUT2D eigenvalue weighted by molar-refractivity contribution is 9.10. The number of aliphatic hydroxyl groups is 1. The van der Waals surface area contributed by atoms with Gasteiger partial charge in [0.1, 0.15) is 0 Å². The predicted octanol–water partition coefficient (Wildman–Crippen LogP) is 3.98. The molecule has 1 rings (SSSR count). The molecule has 0 bridgehead atoms. The van der Waals surface area contributed by atoms with Crippen LogP contribution in [0.4, 0.5) is 0 Å². The van der Waals surface area contributed by atoms with Crippen LogP contribution in [0.15, 0.2) is 27.6 Å². The standard InChI is InChI=1S/C14H22BrNOS/c1-4-16-11(3)13-6-5-12(9-14(13)15)18-10(2)7-8-17/h5-6,9-11,16-17H,4,7-8H2,1-3H3. The molecule has 1 aromatic carbocycles. The summed E-state index contributed by atoms with van der Waals surface area (Å²) >= 11 is 5.45. The minimum atomic E-state index is 0.255. The maximum absolute atomic E-state index is 8.91. The molecule has 2 unspecified atom stereocenters. The van der Waals surface area contributed by atoms with Gasteiger partial charge in [0.2, 0.25) is 0 Å².